The van der Waals surface area contributed by atoms with Crippen molar-refractivity contribution in [3.8, 4) is 11.5 Å². The van der Waals surface area contributed by atoms with E-state index in [0.717, 1.165) is 0 Å². The number of carbonyl (C=O) groups excluding carboxylic acids is 1. The van der Waals surface area contributed by atoms with Crippen LogP contribution in [0.1, 0.15) is 6.92 Å². The minimum absolute atomic E-state index is 0.163. The second-order valence-electron chi connectivity index (χ2n) is 2.89. The van der Waals surface area contributed by atoms with Crippen LogP contribution in [0.5, 0.6) is 11.5 Å². The Hall–Kier alpha value is -1.91. The first-order valence-corrected chi connectivity index (χ1v) is 4.42. The van der Waals surface area contributed by atoms with Gasteiger partial charge in [-0.3, -0.25) is 5.32 Å². The van der Waals surface area contributed by atoms with Crippen molar-refractivity contribution >= 4 is 6.09 Å². The van der Waals surface area contributed by atoms with Gasteiger partial charge in [0.1, 0.15) is 11.5 Å². The Morgan fingerprint density at radius 3 is 2.53 bits per heavy atom. The minimum atomic E-state index is -0.554. The predicted octanol–water partition coefficient (Wildman–Crippen LogP) is 1.47. The number of carbonyl (C=O) groups is 1. The summed E-state index contributed by atoms with van der Waals surface area (Å²) in [5.41, 5.74) is 0. The molecule has 0 spiro atoms. The van der Waals surface area contributed by atoms with Gasteiger partial charge in [-0.1, -0.05) is 0 Å². The molecule has 2 N–H and O–H groups in total. The number of rotatable bonds is 3. The molecule has 0 fully saturated rings. The number of methoxy groups -OCH3 is 1. The molecule has 5 nitrogen and oxygen atoms in total. The van der Waals surface area contributed by atoms with Crippen LogP contribution in [-0.4, -0.2) is 24.5 Å². The highest BCUT2D eigenvalue weighted by atomic mass is 16.6. The molecule has 0 aliphatic heterocycles. The van der Waals surface area contributed by atoms with Gasteiger partial charge in [-0.15, -0.1) is 0 Å². The Labute approximate surface area is 87.6 Å². The van der Waals surface area contributed by atoms with E-state index in [0.29, 0.717) is 5.75 Å². The molecule has 0 radical (unpaired) electrons. The van der Waals surface area contributed by atoms with Crippen molar-refractivity contribution in [2.24, 2.45) is 0 Å². The van der Waals surface area contributed by atoms with Crippen LogP contribution in [0.25, 0.3) is 0 Å². The Bertz CT molecular complexity index is 323. The number of benzene rings is 1. The third kappa shape index (κ3) is 3.76. The summed E-state index contributed by atoms with van der Waals surface area (Å²) in [6, 6.07) is 6.20. The molecule has 0 heterocycles. The molecule has 1 aromatic carbocycles. The first kappa shape index (κ1) is 11.2. The Morgan fingerprint density at radius 1 is 1.40 bits per heavy atom. The van der Waals surface area contributed by atoms with Gasteiger partial charge in [0.25, 0.3) is 0 Å². The summed E-state index contributed by atoms with van der Waals surface area (Å²) in [6.45, 7) is 1.67. The lowest BCUT2D eigenvalue weighted by atomic mass is 10.3. The van der Waals surface area contributed by atoms with E-state index in [1.165, 1.54) is 19.2 Å². The molecule has 0 saturated carbocycles. The zero-order valence-corrected chi connectivity index (χ0v) is 8.56. The number of ether oxygens (including phenoxy) is 2. The minimum Gasteiger partial charge on any atom is -0.508 e. The number of phenolic OH excluding ortho intramolecular Hbond substituents is 1. The second kappa shape index (κ2) is 5.09. The van der Waals surface area contributed by atoms with Gasteiger partial charge < -0.3 is 14.6 Å². The maximum Gasteiger partial charge on any atom is 0.409 e. The van der Waals surface area contributed by atoms with Gasteiger partial charge in [0.05, 0.1) is 7.11 Å². The number of amides is 1. The smallest absolute Gasteiger partial charge is 0.409 e. The van der Waals surface area contributed by atoms with Gasteiger partial charge >= 0.3 is 6.09 Å². The first-order valence-electron chi connectivity index (χ1n) is 4.42. The maximum atomic E-state index is 10.8. The molecule has 0 bridgehead atoms. The number of phenols is 1. The number of alkyl carbamates (subject to hydrolysis) is 1. The van der Waals surface area contributed by atoms with Crippen LogP contribution in [0.2, 0.25) is 0 Å². The predicted molar refractivity (Wildman–Crippen MR) is 53.7 cm³/mol. The van der Waals surface area contributed by atoms with Crippen molar-refractivity contribution in [3.63, 3.8) is 0 Å². The quantitative estimate of drug-likeness (QED) is 0.743. The number of aromatic hydroxyl groups is 1. The molecular formula is C10H13NO4. The van der Waals surface area contributed by atoms with Crippen LogP contribution < -0.4 is 10.1 Å². The summed E-state index contributed by atoms with van der Waals surface area (Å²) in [7, 11) is 1.28. The van der Waals surface area contributed by atoms with Crippen molar-refractivity contribution in [1.82, 2.24) is 5.32 Å². The summed E-state index contributed by atoms with van der Waals surface area (Å²) in [5, 5.41) is 11.5. The van der Waals surface area contributed by atoms with E-state index in [-0.39, 0.29) is 5.75 Å². The summed E-state index contributed by atoms with van der Waals surface area (Å²) in [5.74, 6) is 0.715. The SMILES string of the molecule is COC(=O)NC(C)Oc1ccc(O)cc1. The van der Waals surface area contributed by atoms with Crippen molar-refractivity contribution in [3.05, 3.63) is 24.3 Å². The molecule has 0 aliphatic carbocycles. The first-order chi connectivity index (χ1) is 7.11. The molecule has 1 unspecified atom stereocenters. The van der Waals surface area contributed by atoms with Crippen molar-refractivity contribution in [2.75, 3.05) is 7.11 Å². The molecule has 0 saturated heterocycles. The van der Waals surface area contributed by atoms with Gasteiger partial charge in [0, 0.05) is 0 Å². The second-order valence-corrected chi connectivity index (χ2v) is 2.89. The van der Waals surface area contributed by atoms with E-state index in [9.17, 15) is 4.79 Å². The highest BCUT2D eigenvalue weighted by molar-refractivity contribution is 5.67. The lowest BCUT2D eigenvalue weighted by molar-refractivity contribution is 0.133. The summed E-state index contributed by atoms with van der Waals surface area (Å²) in [4.78, 5) is 10.8. The normalized spacial score (nSPS) is 11.6. The van der Waals surface area contributed by atoms with Gasteiger partial charge in [-0.25, -0.2) is 4.79 Å². The van der Waals surface area contributed by atoms with E-state index < -0.39 is 12.3 Å². The van der Waals surface area contributed by atoms with Crippen LogP contribution in [0.3, 0.4) is 0 Å². The standard InChI is InChI=1S/C10H13NO4/c1-7(11-10(13)14-2)15-9-5-3-8(12)4-6-9/h3-7,12H,1-2H3,(H,11,13). The number of hydrogen-bond donors (Lipinski definition) is 2. The molecule has 0 aliphatic rings. The summed E-state index contributed by atoms with van der Waals surface area (Å²) in [6.07, 6.45) is -1.05. The van der Waals surface area contributed by atoms with E-state index >= 15 is 0 Å². The van der Waals surface area contributed by atoms with Gasteiger partial charge in [0.15, 0.2) is 6.23 Å². The van der Waals surface area contributed by atoms with Gasteiger partial charge in [-0.05, 0) is 31.2 Å². The molecule has 82 valence electrons. The summed E-state index contributed by atoms with van der Waals surface area (Å²) >= 11 is 0. The fourth-order valence-corrected chi connectivity index (χ4v) is 0.983. The van der Waals surface area contributed by atoms with Crippen LogP contribution in [0.15, 0.2) is 24.3 Å². The monoisotopic (exact) mass is 211 g/mol. The highest BCUT2D eigenvalue weighted by Gasteiger charge is 2.07. The third-order valence-corrected chi connectivity index (χ3v) is 1.66. The fraction of sp³-hybridized carbons (Fsp3) is 0.300. The van der Waals surface area contributed by atoms with E-state index in [1.807, 2.05) is 0 Å². The van der Waals surface area contributed by atoms with E-state index in [1.54, 1.807) is 19.1 Å². The lowest BCUT2D eigenvalue weighted by Crippen LogP contribution is -2.36. The largest absolute Gasteiger partial charge is 0.508 e. The van der Waals surface area contributed by atoms with Crippen LogP contribution in [0, 0.1) is 0 Å². The third-order valence-electron chi connectivity index (χ3n) is 1.66. The van der Waals surface area contributed by atoms with Gasteiger partial charge in [-0.2, -0.15) is 0 Å². The van der Waals surface area contributed by atoms with Crippen molar-refractivity contribution < 1.29 is 19.4 Å². The average Bonchev–Trinajstić information content (AvgIpc) is 2.21. The molecule has 1 aromatic rings. The molecule has 0 aromatic heterocycles. The fourth-order valence-electron chi connectivity index (χ4n) is 0.983. The Kier molecular flexibility index (Phi) is 3.79. The molecule has 15 heavy (non-hydrogen) atoms. The highest BCUT2D eigenvalue weighted by Crippen LogP contribution is 2.16. The van der Waals surface area contributed by atoms with Crippen LogP contribution in [0.4, 0.5) is 4.79 Å². The molecule has 1 atom stereocenters. The maximum absolute atomic E-state index is 10.8. The van der Waals surface area contributed by atoms with Crippen molar-refractivity contribution in [2.45, 2.75) is 13.2 Å². The lowest BCUT2D eigenvalue weighted by Gasteiger charge is -2.15. The average molecular weight is 211 g/mol. The van der Waals surface area contributed by atoms with Crippen LogP contribution >= 0.6 is 0 Å². The van der Waals surface area contributed by atoms with Crippen LogP contribution in [-0.2, 0) is 4.74 Å². The zero-order chi connectivity index (χ0) is 11.3. The number of nitrogens with one attached hydrogen (secondary N) is 1. The zero-order valence-electron chi connectivity index (χ0n) is 8.56. The topological polar surface area (TPSA) is 67.8 Å². The molecule has 1 amide bonds. The summed E-state index contributed by atoms with van der Waals surface area (Å²) < 4.78 is 9.73. The number of hydrogen-bond acceptors (Lipinski definition) is 4. The van der Waals surface area contributed by atoms with E-state index in [4.69, 9.17) is 9.84 Å². The molecule has 5 heteroatoms. The Morgan fingerprint density at radius 2 is 2.00 bits per heavy atom. The van der Waals surface area contributed by atoms with E-state index in [2.05, 4.69) is 10.1 Å². The molecule has 1 rings (SSSR count). The van der Waals surface area contributed by atoms with Gasteiger partial charge in [0.2, 0.25) is 0 Å². The molecular weight excluding hydrogens is 198 g/mol. The van der Waals surface area contributed by atoms with Crippen molar-refractivity contribution in [1.29, 1.82) is 0 Å². The Balaban J connectivity index is 2.47.